The molecule has 0 radical (unpaired) electrons. The Morgan fingerprint density at radius 1 is 1.16 bits per heavy atom. The second-order valence-electron chi connectivity index (χ2n) is 8.11. The first-order chi connectivity index (χ1) is 14.5. The summed E-state index contributed by atoms with van der Waals surface area (Å²) in [6.45, 7) is 1.85. The highest BCUT2D eigenvalue weighted by Gasteiger charge is 2.48. The van der Waals surface area contributed by atoms with Crippen LogP contribution in [0.2, 0.25) is 5.02 Å². The first-order valence-electron chi connectivity index (χ1n) is 9.76. The molecule has 9 heteroatoms. The molecule has 162 valence electrons. The Morgan fingerprint density at radius 2 is 1.84 bits per heavy atom. The molecular weight excluding hydrogens is 429 g/mol. The molecule has 1 N–H and O–H groups in total. The monoisotopic (exact) mass is 448 g/mol. The van der Waals surface area contributed by atoms with Crippen LogP contribution in [0, 0.1) is 0 Å². The summed E-state index contributed by atoms with van der Waals surface area (Å²) < 4.78 is 41.7. The molecule has 31 heavy (non-hydrogen) atoms. The van der Waals surface area contributed by atoms with E-state index in [1.54, 1.807) is 41.2 Å². The molecule has 3 aromatic rings. The number of amides is 1. The van der Waals surface area contributed by atoms with E-state index in [0.29, 0.717) is 28.0 Å². The Kier molecular flexibility index (Phi) is 5.29. The molecule has 1 amide bonds. The summed E-state index contributed by atoms with van der Waals surface area (Å²) in [4.78, 5) is 21.9. The number of hydrogen-bond acceptors (Lipinski definition) is 3. The predicted octanol–water partition coefficient (Wildman–Crippen LogP) is 5.54. The molecule has 1 aliphatic carbocycles. The van der Waals surface area contributed by atoms with Gasteiger partial charge in [0, 0.05) is 34.5 Å². The summed E-state index contributed by atoms with van der Waals surface area (Å²) in [5.74, 6) is 0.719. The van der Waals surface area contributed by atoms with Crippen LogP contribution in [0.3, 0.4) is 0 Å². The Balaban J connectivity index is 1.79. The maximum Gasteiger partial charge on any atom is 0.410 e. The zero-order chi connectivity index (χ0) is 22.4. The number of nitrogens with zero attached hydrogens (tertiary/aromatic N) is 3. The quantitative estimate of drug-likeness (QED) is 0.557. The van der Waals surface area contributed by atoms with E-state index >= 15 is 0 Å². The lowest BCUT2D eigenvalue weighted by molar-refractivity contribution is -0.182. The van der Waals surface area contributed by atoms with Crippen LogP contribution in [0.4, 0.5) is 13.2 Å². The lowest BCUT2D eigenvalue weighted by Gasteiger charge is -2.29. The van der Waals surface area contributed by atoms with E-state index in [2.05, 4.69) is 15.3 Å². The molecule has 0 atom stereocenters. The average molecular weight is 449 g/mol. The highest BCUT2D eigenvalue weighted by molar-refractivity contribution is 6.30. The third-order valence-corrected chi connectivity index (χ3v) is 5.46. The molecule has 2 aromatic heterocycles. The number of aromatic nitrogens is 3. The summed E-state index contributed by atoms with van der Waals surface area (Å²) >= 11 is 5.97. The molecule has 1 aromatic carbocycles. The average Bonchev–Trinajstić information content (AvgIpc) is 3.43. The zero-order valence-corrected chi connectivity index (χ0v) is 17.6. The highest BCUT2D eigenvalue weighted by atomic mass is 35.5. The van der Waals surface area contributed by atoms with E-state index in [4.69, 9.17) is 11.6 Å². The molecule has 0 spiro atoms. The summed E-state index contributed by atoms with van der Waals surface area (Å²) in [6, 6.07) is 9.81. The Morgan fingerprint density at radius 3 is 2.45 bits per heavy atom. The fourth-order valence-electron chi connectivity index (χ4n) is 3.12. The summed E-state index contributed by atoms with van der Waals surface area (Å²) in [5, 5.41) is 2.62. The van der Waals surface area contributed by atoms with Gasteiger partial charge in [-0.05, 0) is 51.0 Å². The van der Waals surface area contributed by atoms with Gasteiger partial charge >= 0.3 is 6.18 Å². The van der Waals surface area contributed by atoms with E-state index in [1.165, 1.54) is 12.1 Å². The number of rotatable bonds is 5. The van der Waals surface area contributed by atoms with Gasteiger partial charge < -0.3 is 5.32 Å². The summed E-state index contributed by atoms with van der Waals surface area (Å²) in [6.07, 6.45) is 0.822. The van der Waals surface area contributed by atoms with Gasteiger partial charge in [-0.15, -0.1) is 0 Å². The van der Waals surface area contributed by atoms with Gasteiger partial charge in [0.15, 0.2) is 0 Å². The smallest absolute Gasteiger partial charge is 0.338 e. The van der Waals surface area contributed by atoms with E-state index in [-0.39, 0.29) is 5.56 Å². The van der Waals surface area contributed by atoms with Crippen LogP contribution in [-0.4, -0.2) is 32.2 Å². The number of alkyl halides is 3. The lowest BCUT2D eigenvalue weighted by Crippen LogP contribution is -2.54. The van der Waals surface area contributed by atoms with Gasteiger partial charge in [-0.3, -0.25) is 9.36 Å². The van der Waals surface area contributed by atoms with Crippen LogP contribution in [0.1, 0.15) is 48.8 Å². The maximum atomic E-state index is 13.3. The number of nitrogens with one attached hydrogen (secondary N) is 1. The highest BCUT2D eigenvalue weighted by Crippen LogP contribution is 2.40. The SMILES string of the molecule is CC(C)(NC(=O)c1cc(-c2ccc(Cl)cc2)nc(-n2ccnc2C2CC2)c1)C(F)(F)F. The van der Waals surface area contributed by atoms with Gasteiger partial charge in [0.1, 0.15) is 17.2 Å². The van der Waals surface area contributed by atoms with Gasteiger partial charge in [0.05, 0.1) is 5.69 Å². The molecule has 1 saturated carbocycles. The standard InChI is InChI=1S/C22H20ClF3N4O/c1-21(2,22(24,25)26)29-20(31)15-11-17(13-5-7-16(23)8-6-13)28-18(12-15)30-10-9-27-19(30)14-3-4-14/h5-12,14H,3-4H2,1-2H3,(H,29,31). The van der Waals surface area contributed by atoms with Gasteiger partial charge in [-0.1, -0.05) is 23.7 Å². The van der Waals surface area contributed by atoms with E-state index in [9.17, 15) is 18.0 Å². The third-order valence-electron chi connectivity index (χ3n) is 5.21. The van der Waals surface area contributed by atoms with Crippen LogP contribution in [0.15, 0.2) is 48.8 Å². The van der Waals surface area contributed by atoms with Crippen molar-refractivity contribution in [2.45, 2.75) is 44.3 Å². The fourth-order valence-corrected chi connectivity index (χ4v) is 3.24. The van der Waals surface area contributed by atoms with Crippen LogP contribution in [0.25, 0.3) is 17.1 Å². The maximum absolute atomic E-state index is 13.3. The molecule has 0 aliphatic heterocycles. The molecular formula is C22H20ClF3N4O. The van der Waals surface area contributed by atoms with Gasteiger partial charge in [0.25, 0.3) is 5.91 Å². The number of carbonyl (C=O) groups excluding carboxylic acids is 1. The molecule has 1 aliphatic rings. The topological polar surface area (TPSA) is 59.8 Å². The number of benzene rings is 1. The minimum Gasteiger partial charge on any atom is -0.338 e. The molecule has 1 fully saturated rings. The second-order valence-corrected chi connectivity index (χ2v) is 8.55. The fraction of sp³-hybridized carbons (Fsp3) is 0.318. The van der Waals surface area contributed by atoms with Crippen molar-refractivity contribution in [3.05, 3.63) is 65.2 Å². The van der Waals surface area contributed by atoms with E-state index in [1.807, 2.05) is 0 Å². The molecule has 2 heterocycles. The Hall–Kier alpha value is -2.87. The predicted molar refractivity (Wildman–Crippen MR) is 111 cm³/mol. The third kappa shape index (κ3) is 4.44. The van der Waals surface area contributed by atoms with E-state index < -0.39 is 17.6 Å². The molecule has 5 nitrogen and oxygen atoms in total. The van der Waals surface area contributed by atoms with E-state index in [0.717, 1.165) is 32.5 Å². The minimum atomic E-state index is -4.60. The number of carbonyl (C=O) groups is 1. The summed E-state index contributed by atoms with van der Waals surface area (Å²) in [7, 11) is 0. The Labute approximate surface area is 182 Å². The first kappa shape index (κ1) is 21.4. The normalized spacial score (nSPS) is 14.5. The van der Waals surface area contributed by atoms with Crippen molar-refractivity contribution >= 4 is 17.5 Å². The van der Waals surface area contributed by atoms with Crippen molar-refractivity contribution in [2.75, 3.05) is 0 Å². The van der Waals surface area contributed by atoms with Crippen LogP contribution >= 0.6 is 11.6 Å². The van der Waals surface area contributed by atoms with Gasteiger partial charge in [0.2, 0.25) is 0 Å². The van der Waals surface area contributed by atoms with Crippen molar-refractivity contribution in [1.29, 1.82) is 0 Å². The molecule has 0 saturated heterocycles. The van der Waals surface area contributed by atoms with Crippen molar-refractivity contribution in [2.24, 2.45) is 0 Å². The molecule has 0 unspecified atom stereocenters. The van der Waals surface area contributed by atoms with Crippen LogP contribution in [-0.2, 0) is 0 Å². The van der Waals surface area contributed by atoms with Crippen LogP contribution < -0.4 is 5.32 Å². The number of halogens is 4. The van der Waals surface area contributed by atoms with Crippen molar-refractivity contribution < 1.29 is 18.0 Å². The Bertz CT molecular complexity index is 1120. The summed E-state index contributed by atoms with van der Waals surface area (Å²) in [5.41, 5.74) is -1.19. The zero-order valence-electron chi connectivity index (χ0n) is 16.9. The number of hydrogen-bond donors (Lipinski definition) is 1. The van der Waals surface area contributed by atoms with Crippen molar-refractivity contribution in [3.63, 3.8) is 0 Å². The minimum absolute atomic E-state index is 0.0720. The number of imidazole rings is 1. The van der Waals surface area contributed by atoms with Gasteiger partial charge in [-0.2, -0.15) is 13.2 Å². The lowest BCUT2D eigenvalue weighted by atomic mass is 10.0. The van der Waals surface area contributed by atoms with Crippen LogP contribution in [0.5, 0.6) is 0 Å². The molecule has 4 rings (SSSR count). The van der Waals surface area contributed by atoms with Crippen molar-refractivity contribution in [3.8, 4) is 17.1 Å². The van der Waals surface area contributed by atoms with Gasteiger partial charge in [-0.25, -0.2) is 9.97 Å². The molecule has 0 bridgehead atoms. The first-order valence-corrected chi connectivity index (χ1v) is 10.1. The second kappa shape index (κ2) is 7.67. The number of pyridine rings is 1. The largest absolute Gasteiger partial charge is 0.410 e. The van der Waals surface area contributed by atoms with Crippen molar-refractivity contribution in [1.82, 2.24) is 19.9 Å².